The van der Waals surface area contributed by atoms with Gasteiger partial charge in [0, 0.05) is 11.4 Å². The van der Waals surface area contributed by atoms with Gasteiger partial charge in [0.25, 0.3) is 0 Å². The molecule has 2 aromatic rings. The highest BCUT2D eigenvalue weighted by molar-refractivity contribution is 9.10. The lowest BCUT2D eigenvalue weighted by Gasteiger charge is -2.03. The number of anilines is 2. The summed E-state index contributed by atoms with van der Waals surface area (Å²) in [6, 6.07) is 7.37. The van der Waals surface area contributed by atoms with Crippen molar-refractivity contribution >= 4 is 49.8 Å². The predicted molar refractivity (Wildman–Crippen MR) is 76.5 cm³/mol. The zero-order valence-corrected chi connectivity index (χ0v) is 12.2. The fourth-order valence-electron chi connectivity index (χ4n) is 1.43. The van der Waals surface area contributed by atoms with Crippen LogP contribution < -0.4 is 5.32 Å². The molecule has 2 N–H and O–H groups in total. The number of hydrogen-bond donors (Lipinski definition) is 2. The van der Waals surface area contributed by atoms with Crippen molar-refractivity contribution in [2.24, 2.45) is 0 Å². The number of aromatic carboxylic acids is 1. The van der Waals surface area contributed by atoms with Crippen LogP contribution in [-0.4, -0.2) is 21.8 Å². The van der Waals surface area contributed by atoms with Crippen LogP contribution in [0.5, 0.6) is 0 Å². The smallest absolute Gasteiger partial charge is 0.356 e. The third kappa shape index (κ3) is 2.99. The Morgan fingerprint density at radius 3 is 2.58 bits per heavy atom. The molecule has 19 heavy (non-hydrogen) atoms. The number of aromatic nitrogens is 1. The lowest BCUT2D eigenvalue weighted by Crippen LogP contribution is -2.03. The number of carboxylic acids is 1. The van der Waals surface area contributed by atoms with Crippen LogP contribution in [0.25, 0.3) is 0 Å². The number of nitrogens with zero attached hydrogens (tertiary/aromatic N) is 1. The molecule has 1 heterocycles. The molecule has 7 heteroatoms. The van der Waals surface area contributed by atoms with E-state index in [0.29, 0.717) is 5.13 Å². The summed E-state index contributed by atoms with van der Waals surface area (Å²) in [6.45, 7) is 1.32. The number of thiazole rings is 1. The maximum atomic E-state index is 11.4. The van der Waals surface area contributed by atoms with Gasteiger partial charge >= 0.3 is 5.97 Å². The van der Waals surface area contributed by atoms with E-state index in [2.05, 4.69) is 26.2 Å². The van der Waals surface area contributed by atoms with E-state index in [1.54, 1.807) is 0 Å². The summed E-state index contributed by atoms with van der Waals surface area (Å²) in [5.41, 5.74) is 0.537. The molecule has 5 nitrogen and oxygen atoms in total. The van der Waals surface area contributed by atoms with Crippen LogP contribution in [0.2, 0.25) is 0 Å². The molecule has 0 spiro atoms. The number of rotatable bonds is 4. The van der Waals surface area contributed by atoms with E-state index in [1.807, 2.05) is 24.3 Å². The molecule has 0 aliphatic carbocycles. The van der Waals surface area contributed by atoms with Crippen molar-refractivity contribution in [1.82, 2.24) is 4.98 Å². The van der Waals surface area contributed by atoms with Crippen LogP contribution in [0.1, 0.15) is 27.1 Å². The molecule has 0 saturated heterocycles. The van der Waals surface area contributed by atoms with Crippen LogP contribution in [-0.2, 0) is 0 Å². The maximum Gasteiger partial charge on any atom is 0.356 e. The Kier molecular flexibility index (Phi) is 3.96. The minimum absolute atomic E-state index is 0.141. The summed E-state index contributed by atoms with van der Waals surface area (Å²) in [5, 5.41) is 12.4. The molecule has 0 aliphatic rings. The van der Waals surface area contributed by atoms with Gasteiger partial charge in [0.1, 0.15) is 4.88 Å². The number of Topliss-reactive ketones (excluding diaryl/α,β-unsaturated/α-hetero) is 1. The third-order valence-electron chi connectivity index (χ3n) is 2.26. The van der Waals surface area contributed by atoms with Crippen molar-refractivity contribution in [2.45, 2.75) is 6.92 Å². The number of carbonyl (C=O) groups is 2. The van der Waals surface area contributed by atoms with Crippen molar-refractivity contribution in [2.75, 3.05) is 5.32 Å². The van der Waals surface area contributed by atoms with Gasteiger partial charge in [0.05, 0.1) is 5.69 Å². The topological polar surface area (TPSA) is 79.3 Å². The van der Waals surface area contributed by atoms with Crippen LogP contribution in [0.15, 0.2) is 28.7 Å². The summed E-state index contributed by atoms with van der Waals surface area (Å²) in [5.74, 6) is -1.52. The maximum absolute atomic E-state index is 11.4. The highest BCUT2D eigenvalue weighted by Gasteiger charge is 2.20. The molecule has 98 valence electrons. The molecule has 0 atom stereocenters. The molecule has 0 fully saturated rings. The van der Waals surface area contributed by atoms with Crippen molar-refractivity contribution in [3.63, 3.8) is 0 Å². The van der Waals surface area contributed by atoms with Crippen LogP contribution in [0.3, 0.4) is 0 Å². The van der Waals surface area contributed by atoms with Gasteiger partial charge in [-0.2, -0.15) is 0 Å². The summed E-state index contributed by atoms with van der Waals surface area (Å²) in [7, 11) is 0. The van der Waals surface area contributed by atoms with Gasteiger partial charge in [-0.25, -0.2) is 9.78 Å². The molecule has 0 aliphatic heterocycles. The Morgan fingerprint density at radius 2 is 2.05 bits per heavy atom. The standard InChI is InChI=1S/C12H9BrN2O3S/c1-6(16)10-9(11(17)18)15-12(19-10)14-8-5-3-2-4-7(8)13/h2-5H,1H3,(H,14,15)(H,17,18). The molecule has 0 amide bonds. The fourth-order valence-corrected chi connectivity index (χ4v) is 2.68. The summed E-state index contributed by atoms with van der Waals surface area (Å²) in [4.78, 5) is 26.5. The largest absolute Gasteiger partial charge is 0.476 e. The highest BCUT2D eigenvalue weighted by Crippen LogP contribution is 2.30. The highest BCUT2D eigenvalue weighted by atomic mass is 79.9. The number of para-hydroxylation sites is 1. The first-order valence-corrected chi connectivity index (χ1v) is 6.86. The zero-order chi connectivity index (χ0) is 14.0. The summed E-state index contributed by atoms with van der Waals surface area (Å²) >= 11 is 4.39. The monoisotopic (exact) mass is 340 g/mol. The van der Waals surface area contributed by atoms with E-state index in [9.17, 15) is 9.59 Å². The first-order chi connectivity index (χ1) is 8.99. The van der Waals surface area contributed by atoms with E-state index in [-0.39, 0.29) is 16.4 Å². The minimum Gasteiger partial charge on any atom is -0.476 e. The van der Waals surface area contributed by atoms with Crippen molar-refractivity contribution < 1.29 is 14.7 Å². The van der Waals surface area contributed by atoms with Gasteiger partial charge in [-0.15, -0.1) is 0 Å². The Morgan fingerprint density at radius 1 is 1.37 bits per heavy atom. The van der Waals surface area contributed by atoms with Crippen LogP contribution in [0.4, 0.5) is 10.8 Å². The van der Waals surface area contributed by atoms with Crippen molar-refractivity contribution in [1.29, 1.82) is 0 Å². The SMILES string of the molecule is CC(=O)c1sc(Nc2ccccc2Br)nc1C(=O)O. The summed E-state index contributed by atoms with van der Waals surface area (Å²) < 4.78 is 0.825. The van der Waals surface area contributed by atoms with Crippen molar-refractivity contribution in [3.8, 4) is 0 Å². The molecule has 1 aromatic heterocycles. The molecule has 0 saturated carbocycles. The van der Waals surface area contributed by atoms with E-state index in [4.69, 9.17) is 5.11 Å². The second kappa shape index (κ2) is 5.50. The number of carbonyl (C=O) groups excluding carboxylic acids is 1. The average Bonchev–Trinajstić information content (AvgIpc) is 2.76. The lowest BCUT2D eigenvalue weighted by molar-refractivity contribution is 0.0687. The number of benzene rings is 1. The normalized spacial score (nSPS) is 10.2. The number of ketones is 1. The molecule has 1 aromatic carbocycles. The molecular formula is C12H9BrN2O3S. The second-order valence-corrected chi connectivity index (χ2v) is 5.52. The quantitative estimate of drug-likeness (QED) is 0.832. The Balaban J connectivity index is 2.37. The molecule has 0 unspecified atom stereocenters. The second-order valence-electron chi connectivity index (χ2n) is 3.66. The molecular weight excluding hydrogens is 332 g/mol. The van der Waals surface area contributed by atoms with Gasteiger partial charge in [0.15, 0.2) is 16.6 Å². The predicted octanol–water partition coefficient (Wildman–Crippen LogP) is 3.55. The number of nitrogens with one attached hydrogen (secondary N) is 1. The molecule has 2 rings (SSSR count). The Bertz CT molecular complexity index is 623. The average molecular weight is 341 g/mol. The van der Waals surface area contributed by atoms with E-state index >= 15 is 0 Å². The van der Waals surface area contributed by atoms with Crippen LogP contribution in [0, 0.1) is 0 Å². The first kappa shape index (κ1) is 13.7. The lowest BCUT2D eigenvalue weighted by atomic mass is 10.3. The van der Waals surface area contributed by atoms with E-state index in [1.165, 1.54) is 6.92 Å². The first-order valence-electron chi connectivity index (χ1n) is 5.25. The van der Waals surface area contributed by atoms with E-state index < -0.39 is 5.97 Å². The van der Waals surface area contributed by atoms with E-state index in [0.717, 1.165) is 21.5 Å². The molecule has 0 radical (unpaired) electrons. The van der Waals surface area contributed by atoms with Crippen LogP contribution >= 0.6 is 27.3 Å². The van der Waals surface area contributed by atoms with Gasteiger partial charge in [-0.1, -0.05) is 23.5 Å². The minimum atomic E-state index is -1.21. The van der Waals surface area contributed by atoms with Gasteiger partial charge in [0.2, 0.25) is 0 Å². The molecule has 0 bridgehead atoms. The Hall–Kier alpha value is -1.73. The fraction of sp³-hybridized carbons (Fsp3) is 0.0833. The van der Waals surface area contributed by atoms with Gasteiger partial charge in [-0.05, 0) is 28.1 Å². The Labute approximate surface area is 121 Å². The third-order valence-corrected chi connectivity index (χ3v) is 4.03. The zero-order valence-electron chi connectivity index (χ0n) is 9.81. The number of halogens is 1. The summed E-state index contributed by atoms with van der Waals surface area (Å²) in [6.07, 6.45) is 0. The number of hydrogen-bond acceptors (Lipinski definition) is 5. The van der Waals surface area contributed by atoms with Gasteiger partial charge in [-0.3, -0.25) is 4.79 Å². The van der Waals surface area contributed by atoms with Crippen molar-refractivity contribution in [3.05, 3.63) is 39.3 Å². The number of carboxylic acid groups (broad SMARTS) is 1. The van der Waals surface area contributed by atoms with Gasteiger partial charge < -0.3 is 10.4 Å².